The second-order valence-electron chi connectivity index (χ2n) is 25.0. The molecule has 0 amide bonds. The van der Waals surface area contributed by atoms with Crippen molar-refractivity contribution < 1.29 is 0 Å². The van der Waals surface area contributed by atoms with Gasteiger partial charge in [0.15, 0.2) is 11.6 Å². The number of para-hydroxylation sites is 1. The number of thiophene rings is 2. The normalized spacial score (nSPS) is 11.9. The minimum Gasteiger partial charge on any atom is -0.309 e. The Balaban J connectivity index is 0.691. The number of benzene rings is 13. The van der Waals surface area contributed by atoms with Gasteiger partial charge in [-0.2, -0.15) is 0 Å². The Morgan fingerprint density at radius 2 is 0.656 bits per heavy atom. The van der Waals surface area contributed by atoms with Crippen LogP contribution in [-0.2, 0) is 0 Å². The van der Waals surface area contributed by atoms with Gasteiger partial charge in [0.25, 0.3) is 0 Å². The molecule has 0 fully saturated rings. The van der Waals surface area contributed by atoms with E-state index in [4.69, 9.17) is 19.9 Å². The predicted molar refractivity (Wildman–Crippen MR) is 405 cm³/mol. The molecule has 0 unspecified atom stereocenters. The van der Waals surface area contributed by atoms with Gasteiger partial charge >= 0.3 is 0 Å². The van der Waals surface area contributed by atoms with Gasteiger partial charge in [0, 0.05) is 107 Å². The molecule has 0 radical (unpaired) electrons. The van der Waals surface area contributed by atoms with Gasteiger partial charge in [0.1, 0.15) is 0 Å². The molecule has 0 aliphatic heterocycles. The van der Waals surface area contributed by atoms with E-state index in [1.54, 1.807) is 0 Å². The summed E-state index contributed by atoms with van der Waals surface area (Å²) >= 11 is 3.76. The van der Waals surface area contributed by atoms with Crippen LogP contribution in [0.4, 0.5) is 0 Å². The van der Waals surface area contributed by atoms with Crippen molar-refractivity contribution in [3.63, 3.8) is 0 Å². The van der Waals surface area contributed by atoms with Crippen LogP contribution in [0.1, 0.15) is 11.1 Å². The maximum Gasteiger partial charge on any atom is 0.160 e. The molecule has 19 rings (SSSR count). The van der Waals surface area contributed by atoms with Gasteiger partial charge in [-0.1, -0.05) is 212 Å². The fraction of sp³-hybridized carbons (Fsp3) is 0.0227. The lowest BCUT2D eigenvalue weighted by Gasteiger charge is -2.13. The molecular formula is C88H56N6S2. The van der Waals surface area contributed by atoms with Gasteiger partial charge < -0.3 is 9.13 Å². The molecule has 450 valence electrons. The van der Waals surface area contributed by atoms with Crippen LogP contribution >= 0.6 is 22.7 Å². The number of fused-ring (bicyclic) bond motifs is 14. The minimum atomic E-state index is 0.673. The van der Waals surface area contributed by atoms with E-state index in [2.05, 4.69) is 314 Å². The van der Waals surface area contributed by atoms with E-state index < -0.39 is 0 Å². The van der Waals surface area contributed by atoms with Gasteiger partial charge in [0.2, 0.25) is 0 Å². The zero-order valence-corrected chi connectivity index (χ0v) is 54.0. The summed E-state index contributed by atoms with van der Waals surface area (Å²) in [5.41, 5.74) is 23.4. The summed E-state index contributed by atoms with van der Waals surface area (Å²) in [7, 11) is 0. The highest BCUT2D eigenvalue weighted by atomic mass is 32.1. The maximum atomic E-state index is 5.45. The van der Waals surface area contributed by atoms with E-state index >= 15 is 0 Å². The standard InChI is InChI=1S/C88H56N6S2/c1-53-25-28-59(29-26-53)75-52-76(92-88(91-75)61-37-42-65(43-38-61)93-77-22-12-9-21-70(77)83-79(93)47-44-68-66-19-10-13-23-81(66)95-85(68)83)63-30-27-54(2)71(50-63)62-39-46-78-72(49-62)84-80(48-45-69-67-20-11-14-24-82(67)96-86(69)84)94(78)64-40-35-56(36-41-64)55-31-33-60(34-32-55)87-89-73(57-15-5-3-6-16-57)51-74(90-87)58-17-7-4-8-18-58/h3-52H,1-2H3. The fourth-order valence-electron chi connectivity index (χ4n) is 14.4. The van der Waals surface area contributed by atoms with Gasteiger partial charge in [-0.15, -0.1) is 22.7 Å². The number of nitrogens with zero attached hydrogens (tertiary/aromatic N) is 6. The third-order valence-electron chi connectivity index (χ3n) is 19.2. The Labute approximate surface area is 561 Å². The molecule has 0 spiro atoms. The average Bonchev–Trinajstić information content (AvgIpc) is 1.57. The maximum absolute atomic E-state index is 5.45. The van der Waals surface area contributed by atoms with Gasteiger partial charge in [-0.05, 0) is 139 Å². The lowest BCUT2D eigenvalue weighted by atomic mass is 9.95. The van der Waals surface area contributed by atoms with Crippen LogP contribution in [0.15, 0.2) is 303 Å². The highest BCUT2D eigenvalue weighted by molar-refractivity contribution is 7.27. The Morgan fingerprint density at radius 3 is 1.21 bits per heavy atom. The number of aromatic nitrogens is 6. The van der Waals surface area contributed by atoms with E-state index in [0.717, 1.165) is 95.3 Å². The molecule has 6 heterocycles. The van der Waals surface area contributed by atoms with Crippen molar-refractivity contribution in [1.29, 1.82) is 0 Å². The monoisotopic (exact) mass is 1260 g/mol. The largest absolute Gasteiger partial charge is 0.309 e. The van der Waals surface area contributed by atoms with Crippen LogP contribution in [0.25, 0.3) is 185 Å². The zero-order chi connectivity index (χ0) is 63.5. The number of hydrogen-bond acceptors (Lipinski definition) is 6. The summed E-state index contributed by atoms with van der Waals surface area (Å²) in [6, 6.07) is 110. The van der Waals surface area contributed by atoms with Crippen molar-refractivity contribution in [2.24, 2.45) is 0 Å². The Kier molecular flexibility index (Phi) is 13.0. The summed E-state index contributed by atoms with van der Waals surface area (Å²) in [5.74, 6) is 1.37. The Hall–Kier alpha value is -11.9. The van der Waals surface area contributed by atoms with Crippen LogP contribution in [0.5, 0.6) is 0 Å². The van der Waals surface area contributed by atoms with Crippen LogP contribution in [0.2, 0.25) is 0 Å². The SMILES string of the molecule is Cc1ccc(-c2cc(-c3ccc(C)c(-c4ccc5c(c4)c4c6sc7ccccc7c6ccc4n5-c4ccc(-c5ccc(-c6nc(-c7ccccc7)cc(-c7ccccc7)n6)cc5)cc4)c3)nc(-c3ccc(-n4c5ccccc5c5c6sc7ccccc7c6ccc54)cc3)n2)cc1. The summed E-state index contributed by atoms with van der Waals surface area (Å²) in [5, 5.41) is 10.2. The molecule has 96 heavy (non-hydrogen) atoms. The van der Waals surface area contributed by atoms with E-state index in [1.165, 1.54) is 89.6 Å². The van der Waals surface area contributed by atoms with Crippen molar-refractivity contribution in [2.75, 3.05) is 0 Å². The van der Waals surface area contributed by atoms with Gasteiger partial charge in [-0.3, -0.25) is 0 Å². The quantitative estimate of drug-likeness (QED) is 0.137. The van der Waals surface area contributed by atoms with E-state index in [-0.39, 0.29) is 0 Å². The molecular weight excluding hydrogens is 1210 g/mol. The Bertz CT molecular complexity index is 6240. The molecule has 0 atom stereocenters. The first-order chi connectivity index (χ1) is 47.4. The number of aryl methyl sites for hydroxylation is 2. The molecule has 0 aliphatic rings. The van der Waals surface area contributed by atoms with Gasteiger partial charge in [0.05, 0.1) is 44.8 Å². The molecule has 0 bridgehead atoms. The highest BCUT2D eigenvalue weighted by Gasteiger charge is 2.22. The summed E-state index contributed by atoms with van der Waals surface area (Å²) in [6.45, 7) is 4.35. The van der Waals surface area contributed by atoms with Crippen LogP contribution < -0.4 is 0 Å². The summed E-state index contributed by atoms with van der Waals surface area (Å²) in [6.07, 6.45) is 0. The molecule has 0 aliphatic carbocycles. The van der Waals surface area contributed by atoms with Crippen LogP contribution in [-0.4, -0.2) is 29.1 Å². The first-order valence-corrected chi connectivity index (χ1v) is 34.1. The van der Waals surface area contributed by atoms with Gasteiger partial charge in [-0.25, -0.2) is 19.9 Å². The smallest absolute Gasteiger partial charge is 0.160 e. The second kappa shape index (κ2) is 22.4. The average molecular weight is 1260 g/mol. The van der Waals surface area contributed by atoms with Crippen molar-refractivity contribution in [2.45, 2.75) is 13.8 Å². The third kappa shape index (κ3) is 9.28. The predicted octanol–water partition coefficient (Wildman–Crippen LogP) is 24.1. The molecule has 13 aromatic carbocycles. The molecule has 0 saturated heterocycles. The van der Waals surface area contributed by atoms with E-state index in [9.17, 15) is 0 Å². The number of rotatable bonds is 10. The van der Waals surface area contributed by atoms with Crippen LogP contribution in [0, 0.1) is 13.8 Å². The highest BCUT2D eigenvalue weighted by Crippen LogP contribution is 2.47. The first-order valence-electron chi connectivity index (χ1n) is 32.5. The van der Waals surface area contributed by atoms with E-state index in [1.807, 2.05) is 34.8 Å². The molecule has 6 nitrogen and oxygen atoms in total. The first kappa shape index (κ1) is 55.7. The third-order valence-corrected chi connectivity index (χ3v) is 21.6. The van der Waals surface area contributed by atoms with Crippen molar-refractivity contribution in [3.8, 4) is 101 Å². The molecule has 0 saturated carbocycles. The lowest BCUT2D eigenvalue weighted by Crippen LogP contribution is -1.98. The Morgan fingerprint density at radius 1 is 0.260 bits per heavy atom. The molecule has 0 N–H and O–H groups in total. The molecule has 19 aromatic rings. The number of hydrogen-bond donors (Lipinski definition) is 0. The zero-order valence-electron chi connectivity index (χ0n) is 52.4. The molecule has 8 heteroatoms. The van der Waals surface area contributed by atoms with Crippen molar-refractivity contribution in [3.05, 3.63) is 314 Å². The summed E-state index contributed by atoms with van der Waals surface area (Å²) in [4.78, 5) is 21.0. The van der Waals surface area contributed by atoms with Crippen molar-refractivity contribution >= 4 is 107 Å². The lowest BCUT2D eigenvalue weighted by molar-refractivity contribution is 1.16. The van der Waals surface area contributed by atoms with Crippen molar-refractivity contribution in [1.82, 2.24) is 29.1 Å². The second-order valence-corrected chi connectivity index (χ2v) is 27.1. The summed E-state index contributed by atoms with van der Waals surface area (Å²) < 4.78 is 10.1. The van der Waals surface area contributed by atoms with E-state index in [0.29, 0.717) is 11.6 Å². The fourth-order valence-corrected chi connectivity index (χ4v) is 16.9. The minimum absolute atomic E-state index is 0.673. The van der Waals surface area contributed by atoms with Crippen LogP contribution in [0.3, 0.4) is 0 Å². The topological polar surface area (TPSA) is 61.4 Å². The molecule has 6 aromatic heterocycles.